The van der Waals surface area contributed by atoms with Crippen molar-refractivity contribution in [3.8, 4) is 0 Å². The monoisotopic (exact) mass is 265 g/mol. The fraction of sp³-hybridized carbons (Fsp3) is 0.385. The summed E-state index contributed by atoms with van der Waals surface area (Å²) >= 11 is 0. The average molecular weight is 265 g/mol. The highest BCUT2D eigenvalue weighted by atomic mass is 19.1. The first-order valence-electron chi connectivity index (χ1n) is 6.18. The van der Waals surface area contributed by atoms with E-state index in [-0.39, 0.29) is 11.4 Å². The molecule has 1 saturated heterocycles. The van der Waals surface area contributed by atoms with Crippen molar-refractivity contribution in [3.05, 3.63) is 35.6 Å². The van der Waals surface area contributed by atoms with E-state index in [1.807, 2.05) is 0 Å². The number of hydrogen-bond acceptors (Lipinski definition) is 3. The zero-order valence-electron chi connectivity index (χ0n) is 10.4. The molecule has 1 aromatic carbocycles. The second-order valence-corrected chi connectivity index (χ2v) is 4.51. The molecular formula is C13H16FN3O2. The Kier molecular flexibility index (Phi) is 3.99. The van der Waals surface area contributed by atoms with Crippen LogP contribution >= 0.6 is 0 Å². The maximum atomic E-state index is 13.6. The maximum Gasteiger partial charge on any atom is 0.257 e. The van der Waals surface area contributed by atoms with Crippen molar-refractivity contribution in [2.45, 2.75) is 25.3 Å². The Balaban J connectivity index is 2.28. The predicted molar refractivity (Wildman–Crippen MR) is 68.5 cm³/mol. The summed E-state index contributed by atoms with van der Waals surface area (Å²) in [6.45, 7) is 0.480. The summed E-state index contributed by atoms with van der Waals surface area (Å²) in [5, 5.41) is 11.7. The van der Waals surface area contributed by atoms with Gasteiger partial charge in [-0.25, -0.2) is 4.39 Å². The Labute approximate surface area is 110 Å². The molecule has 1 amide bonds. The van der Waals surface area contributed by atoms with Crippen LogP contribution in [0.15, 0.2) is 29.4 Å². The molecule has 1 heterocycles. The molecule has 0 bridgehead atoms. The number of carbonyl (C=O) groups excluding carboxylic acids is 1. The van der Waals surface area contributed by atoms with Gasteiger partial charge in [-0.3, -0.25) is 4.79 Å². The normalized spacial score (nSPS) is 20.4. The summed E-state index contributed by atoms with van der Waals surface area (Å²) in [5.41, 5.74) is 5.62. The third kappa shape index (κ3) is 2.67. The van der Waals surface area contributed by atoms with Crippen LogP contribution in [0.2, 0.25) is 0 Å². The summed E-state index contributed by atoms with van der Waals surface area (Å²) in [6, 6.07) is 5.36. The second-order valence-electron chi connectivity index (χ2n) is 4.51. The van der Waals surface area contributed by atoms with E-state index < -0.39 is 17.8 Å². The molecule has 1 aliphatic heterocycles. The Morgan fingerprint density at radius 2 is 2.16 bits per heavy atom. The van der Waals surface area contributed by atoms with Gasteiger partial charge in [-0.2, -0.15) is 0 Å². The molecule has 0 saturated carbocycles. The van der Waals surface area contributed by atoms with Gasteiger partial charge < -0.3 is 15.8 Å². The smallest absolute Gasteiger partial charge is 0.257 e. The number of halogens is 1. The quantitative estimate of drug-likeness (QED) is 0.368. The van der Waals surface area contributed by atoms with Gasteiger partial charge in [-0.15, -0.1) is 0 Å². The summed E-state index contributed by atoms with van der Waals surface area (Å²) < 4.78 is 13.6. The first-order valence-corrected chi connectivity index (χ1v) is 6.18. The highest BCUT2D eigenvalue weighted by molar-refractivity contribution is 5.98. The molecule has 3 N–H and O–H groups in total. The number of likely N-dealkylation sites (tertiary alicyclic amines) is 1. The fourth-order valence-electron chi connectivity index (χ4n) is 2.34. The van der Waals surface area contributed by atoms with Crippen LogP contribution in [0, 0.1) is 5.82 Å². The predicted octanol–water partition coefficient (Wildman–Crippen LogP) is 1.57. The molecule has 5 nitrogen and oxygen atoms in total. The maximum absolute atomic E-state index is 13.6. The number of benzene rings is 1. The van der Waals surface area contributed by atoms with E-state index in [0.717, 1.165) is 12.8 Å². The number of hydrogen-bond donors (Lipinski definition) is 2. The van der Waals surface area contributed by atoms with Crippen molar-refractivity contribution in [2.24, 2.45) is 10.9 Å². The van der Waals surface area contributed by atoms with Gasteiger partial charge in [0.2, 0.25) is 0 Å². The summed E-state index contributed by atoms with van der Waals surface area (Å²) in [6.07, 6.45) is 2.34. The standard InChI is InChI=1S/C13H16FN3O2/c14-10-6-2-1-5-9(10)13(18)17-8-4-3-7-11(17)12(15)16-19/h1-2,5-6,11,19H,3-4,7-8H2,(H2,15,16). The third-order valence-electron chi connectivity index (χ3n) is 3.32. The molecule has 2 rings (SSSR count). The van der Waals surface area contributed by atoms with Gasteiger partial charge in [-0.1, -0.05) is 17.3 Å². The van der Waals surface area contributed by atoms with E-state index in [9.17, 15) is 9.18 Å². The van der Waals surface area contributed by atoms with Crippen LogP contribution in [-0.4, -0.2) is 34.4 Å². The molecule has 0 radical (unpaired) electrons. The third-order valence-corrected chi connectivity index (χ3v) is 3.32. The summed E-state index contributed by atoms with van der Waals surface area (Å²) in [7, 11) is 0. The van der Waals surface area contributed by atoms with E-state index in [2.05, 4.69) is 5.16 Å². The Morgan fingerprint density at radius 1 is 1.42 bits per heavy atom. The van der Waals surface area contributed by atoms with E-state index >= 15 is 0 Å². The average Bonchev–Trinajstić information content (AvgIpc) is 2.46. The van der Waals surface area contributed by atoms with Gasteiger partial charge in [0.15, 0.2) is 5.84 Å². The van der Waals surface area contributed by atoms with Crippen molar-refractivity contribution in [1.82, 2.24) is 4.90 Å². The molecule has 0 aliphatic carbocycles. The summed E-state index contributed by atoms with van der Waals surface area (Å²) in [5.74, 6) is -0.991. The van der Waals surface area contributed by atoms with E-state index in [0.29, 0.717) is 13.0 Å². The van der Waals surface area contributed by atoms with E-state index in [1.165, 1.54) is 23.1 Å². The van der Waals surface area contributed by atoms with Crippen molar-refractivity contribution in [3.63, 3.8) is 0 Å². The molecule has 1 aliphatic rings. The first-order chi connectivity index (χ1) is 9.15. The van der Waals surface area contributed by atoms with Crippen LogP contribution in [0.25, 0.3) is 0 Å². The van der Waals surface area contributed by atoms with Crippen LogP contribution in [0.3, 0.4) is 0 Å². The number of amidine groups is 1. The largest absolute Gasteiger partial charge is 0.409 e. The summed E-state index contributed by atoms with van der Waals surface area (Å²) in [4.78, 5) is 13.8. The number of piperidine rings is 1. The van der Waals surface area contributed by atoms with Gasteiger partial charge >= 0.3 is 0 Å². The highest BCUT2D eigenvalue weighted by Gasteiger charge is 2.31. The molecule has 1 aromatic rings. The van der Waals surface area contributed by atoms with Crippen LogP contribution in [-0.2, 0) is 0 Å². The lowest BCUT2D eigenvalue weighted by atomic mass is 10.00. The van der Waals surface area contributed by atoms with Crippen molar-refractivity contribution in [1.29, 1.82) is 0 Å². The number of nitrogens with two attached hydrogens (primary N) is 1. The number of rotatable bonds is 2. The Morgan fingerprint density at radius 3 is 2.84 bits per heavy atom. The minimum atomic E-state index is -0.559. The molecule has 0 aromatic heterocycles. The lowest BCUT2D eigenvalue weighted by Crippen LogP contribution is -2.50. The lowest BCUT2D eigenvalue weighted by molar-refractivity contribution is 0.0672. The Bertz CT molecular complexity index is 504. The van der Waals surface area contributed by atoms with Crippen LogP contribution < -0.4 is 5.73 Å². The van der Waals surface area contributed by atoms with Gasteiger partial charge in [0, 0.05) is 6.54 Å². The topological polar surface area (TPSA) is 78.9 Å². The zero-order valence-corrected chi connectivity index (χ0v) is 10.4. The Hall–Kier alpha value is -2.11. The molecule has 1 atom stereocenters. The van der Waals surface area contributed by atoms with E-state index in [1.54, 1.807) is 6.07 Å². The minimum absolute atomic E-state index is 0.00982. The van der Waals surface area contributed by atoms with Crippen LogP contribution in [0.4, 0.5) is 4.39 Å². The first kappa shape index (κ1) is 13.3. The number of carbonyl (C=O) groups is 1. The zero-order chi connectivity index (χ0) is 13.8. The molecule has 0 spiro atoms. The fourth-order valence-corrected chi connectivity index (χ4v) is 2.34. The van der Waals surface area contributed by atoms with Crippen LogP contribution in [0.5, 0.6) is 0 Å². The lowest BCUT2D eigenvalue weighted by Gasteiger charge is -2.34. The van der Waals surface area contributed by atoms with Crippen molar-refractivity contribution < 1.29 is 14.4 Å². The number of amides is 1. The molecule has 19 heavy (non-hydrogen) atoms. The van der Waals surface area contributed by atoms with Crippen LogP contribution in [0.1, 0.15) is 29.6 Å². The highest BCUT2D eigenvalue weighted by Crippen LogP contribution is 2.21. The SMILES string of the molecule is NC(=NO)C1CCCCN1C(=O)c1ccccc1F. The molecule has 6 heteroatoms. The molecular weight excluding hydrogens is 249 g/mol. The molecule has 1 unspecified atom stereocenters. The van der Waals surface area contributed by atoms with Gasteiger partial charge in [0.05, 0.1) is 11.6 Å². The number of nitrogens with zero attached hydrogens (tertiary/aromatic N) is 2. The van der Waals surface area contributed by atoms with Gasteiger partial charge in [-0.05, 0) is 31.4 Å². The minimum Gasteiger partial charge on any atom is -0.409 e. The van der Waals surface area contributed by atoms with Gasteiger partial charge in [0.1, 0.15) is 5.82 Å². The molecule has 102 valence electrons. The van der Waals surface area contributed by atoms with Crippen molar-refractivity contribution >= 4 is 11.7 Å². The van der Waals surface area contributed by atoms with E-state index in [4.69, 9.17) is 10.9 Å². The molecule has 1 fully saturated rings. The number of oxime groups is 1. The van der Waals surface area contributed by atoms with Gasteiger partial charge in [0.25, 0.3) is 5.91 Å². The van der Waals surface area contributed by atoms with Crippen molar-refractivity contribution in [2.75, 3.05) is 6.54 Å². The second kappa shape index (κ2) is 5.69.